The predicted octanol–water partition coefficient (Wildman–Crippen LogP) is 1.05. The van der Waals surface area contributed by atoms with Gasteiger partial charge in [0.15, 0.2) is 0 Å². The molecule has 28 heavy (non-hydrogen) atoms. The fourth-order valence-electron chi connectivity index (χ4n) is 3.17. The van der Waals surface area contributed by atoms with E-state index in [0.717, 1.165) is 0 Å². The van der Waals surface area contributed by atoms with Crippen LogP contribution in [0, 0.1) is 3.57 Å². The molecule has 1 N–H and O–H groups in total. The molecule has 150 valence electrons. The summed E-state index contributed by atoms with van der Waals surface area (Å²) in [6.07, 6.45) is 5.38. The number of Topliss-reactive ketones (excluding diaryl/α,β-unsaturated/α-hetero) is 1. The molecular weight excluding hydrogens is 481 g/mol. The summed E-state index contributed by atoms with van der Waals surface area (Å²) in [4.78, 5) is 51.9. The van der Waals surface area contributed by atoms with Crippen LogP contribution in [0.3, 0.4) is 0 Å². The van der Waals surface area contributed by atoms with E-state index in [-0.39, 0.29) is 18.6 Å². The third kappa shape index (κ3) is 4.61. The van der Waals surface area contributed by atoms with E-state index in [4.69, 9.17) is 9.47 Å². The van der Waals surface area contributed by atoms with Gasteiger partial charge in [-0.05, 0) is 35.7 Å². The zero-order valence-electron chi connectivity index (χ0n) is 15.4. The highest BCUT2D eigenvalue weighted by atomic mass is 127. The monoisotopic (exact) mass is 501 g/mol. The summed E-state index contributed by atoms with van der Waals surface area (Å²) in [6.45, 7) is 1.42. The van der Waals surface area contributed by atoms with E-state index in [1.54, 1.807) is 18.1 Å². The van der Waals surface area contributed by atoms with E-state index < -0.39 is 35.7 Å². The average molecular weight is 501 g/mol. The Morgan fingerprint density at radius 2 is 2.14 bits per heavy atom. The van der Waals surface area contributed by atoms with Gasteiger partial charge in [0.2, 0.25) is 0 Å². The van der Waals surface area contributed by atoms with Crippen LogP contribution in [-0.4, -0.2) is 45.5 Å². The van der Waals surface area contributed by atoms with Crippen LogP contribution in [0.5, 0.6) is 0 Å². The van der Waals surface area contributed by atoms with Gasteiger partial charge < -0.3 is 14.4 Å². The largest absolute Gasteiger partial charge is 0.456 e. The number of H-pyrrole nitrogens is 1. The number of allylic oxidation sites excluding steroid dienone is 1. The zero-order valence-corrected chi connectivity index (χ0v) is 17.5. The van der Waals surface area contributed by atoms with Crippen molar-refractivity contribution in [3.63, 3.8) is 0 Å². The molecule has 0 bridgehead atoms. The molecule has 0 aromatic carbocycles. The van der Waals surface area contributed by atoms with Crippen molar-refractivity contribution in [1.29, 1.82) is 0 Å². The van der Waals surface area contributed by atoms with Crippen molar-refractivity contribution in [2.45, 2.75) is 44.6 Å². The Labute approximate surface area is 174 Å². The van der Waals surface area contributed by atoms with Crippen molar-refractivity contribution in [3.8, 4) is 0 Å². The Morgan fingerprint density at radius 3 is 2.82 bits per heavy atom. The molecule has 1 fully saturated rings. The molecule has 0 amide bonds. The van der Waals surface area contributed by atoms with Crippen LogP contribution < -0.4 is 11.2 Å². The lowest BCUT2D eigenvalue weighted by atomic mass is 10.1. The third-order valence-corrected chi connectivity index (χ3v) is 5.23. The number of carbonyl (C=O) groups is 2. The number of ether oxygens (including phenoxy) is 2. The van der Waals surface area contributed by atoms with Crippen molar-refractivity contribution in [2.24, 2.45) is 0 Å². The molecule has 0 saturated carbocycles. The van der Waals surface area contributed by atoms with Gasteiger partial charge in [-0.25, -0.2) is 9.59 Å². The van der Waals surface area contributed by atoms with Crippen molar-refractivity contribution in [3.05, 3.63) is 54.7 Å². The van der Waals surface area contributed by atoms with Crippen LogP contribution in [0.25, 0.3) is 0 Å². The van der Waals surface area contributed by atoms with Gasteiger partial charge in [-0.15, -0.1) is 0 Å². The molecule has 1 saturated heterocycles. The van der Waals surface area contributed by atoms with Gasteiger partial charge >= 0.3 is 11.7 Å². The maximum Gasteiger partial charge on any atom is 0.336 e. The summed E-state index contributed by atoms with van der Waals surface area (Å²) in [5.41, 5.74) is -0.610. The molecule has 1 aromatic heterocycles. The Morgan fingerprint density at radius 1 is 1.39 bits per heavy atom. The normalized spacial score (nSPS) is 24.2. The molecule has 0 aliphatic carbocycles. The number of nitrogens with one attached hydrogen (secondary N) is 1. The molecule has 3 heterocycles. The van der Waals surface area contributed by atoms with Gasteiger partial charge in [0.25, 0.3) is 5.56 Å². The second kappa shape index (κ2) is 8.43. The minimum absolute atomic E-state index is 0.0580. The lowest BCUT2D eigenvalue weighted by Crippen LogP contribution is -2.33. The highest BCUT2D eigenvalue weighted by Gasteiger charge is 2.40. The molecule has 3 rings (SSSR count). The highest BCUT2D eigenvalue weighted by Crippen LogP contribution is 2.32. The molecule has 2 aliphatic rings. The summed E-state index contributed by atoms with van der Waals surface area (Å²) in [5.74, 6) is -0.600. The zero-order chi connectivity index (χ0) is 20.4. The Kier molecular flexibility index (Phi) is 6.18. The fraction of sp³-hybridized carbons (Fsp3) is 0.444. The second-order valence-corrected chi connectivity index (χ2v) is 7.93. The second-order valence-electron chi connectivity index (χ2n) is 6.77. The van der Waals surface area contributed by atoms with Crippen molar-refractivity contribution < 1.29 is 19.1 Å². The van der Waals surface area contributed by atoms with Crippen LogP contribution >= 0.6 is 22.6 Å². The van der Waals surface area contributed by atoms with Crippen LogP contribution in [0.15, 0.2) is 39.8 Å². The van der Waals surface area contributed by atoms with E-state index in [1.165, 1.54) is 17.7 Å². The van der Waals surface area contributed by atoms with Crippen molar-refractivity contribution in [1.82, 2.24) is 14.5 Å². The number of esters is 1. The summed E-state index contributed by atoms with van der Waals surface area (Å²) in [6, 6.07) is 0. The minimum Gasteiger partial charge on any atom is -0.456 e. The summed E-state index contributed by atoms with van der Waals surface area (Å²) >= 11 is 1.82. The minimum atomic E-state index is -0.747. The number of carbonyl (C=O) groups excluding carboxylic acids is 2. The van der Waals surface area contributed by atoms with E-state index in [2.05, 4.69) is 4.98 Å². The summed E-state index contributed by atoms with van der Waals surface area (Å²) in [5, 5.41) is 0. The number of hydrogen-bond acceptors (Lipinski definition) is 7. The molecule has 2 aliphatic heterocycles. The van der Waals surface area contributed by atoms with E-state index in [1.807, 2.05) is 34.9 Å². The standard InChI is InChI=1S/C18H20IN3O6/c1-10(23)6-13-14(28-17(25)11-4-3-5-21(2)8-11)7-15(27-13)22-9-12(19)16(24)20-18(22)26/h3,5,8-9,13-15H,4,6-7H2,1-2H3,(H,20,24,26)/t13-,14?,15-/m1/s1. The van der Waals surface area contributed by atoms with Gasteiger partial charge in [0.05, 0.1) is 9.14 Å². The first kappa shape index (κ1) is 20.5. The van der Waals surface area contributed by atoms with Crippen LogP contribution in [0.2, 0.25) is 0 Å². The van der Waals surface area contributed by atoms with Crippen molar-refractivity contribution in [2.75, 3.05) is 7.05 Å². The lowest BCUT2D eigenvalue weighted by molar-refractivity contribution is -0.148. The first-order valence-corrected chi connectivity index (χ1v) is 9.78. The molecule has 9 nitrogen and oxygen atoms in total. The molecule has 1 aromatic rings. The lowest BCUT2D eigenvalue weighted by Gasteiger charge is -2.20. The number of ketones is 1. The highest BCUT2D eigenvalue weighted by molar-refractivity contribution is 14.1. The van der Waals surface area contributed by atoms with Gasteiger partial charge in [-0.3, -0.25) is 19.1 Å². The molecular formula is C18H20IN3O6. The van der Waals surface area contributed by atoms with Crippen molar-refractivity contribution >= 4 is 34.3 Å². The van der Waals surface area contributed by atoms with Crippen LogP contribution in [0.1, 0.15) is 32.4 Å². The number of aromatic nitrogens is 2. The molecule has 0 spiro atoms. The fourth-order valence-corrected chi connectivity index (χ4v) is 3.61. The van der Waals surface area contributed by atoms with Crippen LogP contribution in [-0.2, 0) is 19.1 Å². The molecule has 0 radical (unpaired) electrons. The Bertz CT molecular complexity index is 963. The first-order valence-electron chi connectivity index (χ1n) is 8.70. The van der Waals surface area contributed by atoms with E-state index >= 15 is 0 Å². The SMILES string of the molecule is CC(=O)C[C@H]1O[C@@H](n2cc(I)c(=O)[nH]c2=O)CC1OC(=O)C1=CN(C)C=CC1. The Hall–Kier alpha value is -2.21. The number of nitrogens with zero attached hydrogens (tertiary/aromatic N) is 2. The number of rotatable bonds is 5. The number of hydrogen-bond donors (Lipinski definition) is 1. The van der Waals surface area contributed by atoms with Gasteiger partial charge in [-0.1, -0.05) is 6.08 Å². The Balaban J connectivity index is 1.80. The molecule has 3 atom stereocenters. The van der Waals surface area contributed by atoms with E-state index in [0.29, 0.717) is 15.6 Å². The maximum absolute atomic E-state index is 12.5. The average Bonchev–Trinajstić information content (AvgIpc) is 2.99. The number of aromatic amines is 1. The van der Waals surface area contributed by atoms with Gasteiger partial charge in [0, 0.05) is 38.7 Å². The summed E-state index contributed by atoms with van der Waals surface area (Å²) in [7, 11) is 1.81. The smallest absolute Gasteiger partial charge is 0.336 e. The molecule has 1 unspecified atom stereocenters. The number of halogens is 1. The van der Waals surface area contributed by atoms with Crippen LogP contribution in [0.4, 0.5) is 0 Å². The van der Waals surface area contributed by atoms with Gasteiger partial charge in [-0.2, -0.15) is 0 Å². The topological polar surface area (TPSA) is 111 Å². The molecule has 10 heteroatoms. The summed E-state index contributed by atoms with van der Waals surface area (Å²) < 4.78 is 13.1. The first-order chi connectivity index (χ1) is 13.2. The maximum atomic E-state index is 12.5. The predicted molar refractivity (Wildman–Crippen MR) is 107 cm³/mol. The third-order valence-electron chi connectivity index (χ3n) is 4.46. The van der Waals surface area contributed by atoms with Gasteiger partial charge in [0.1, 0.15) is 24.2 Å². The quantitative estimate of drug-likeness (QED) is 0.475. The van der Waals surface area contributed by atoms with E-state index in [9.17, 15) is 19.2 Å².